The average molecular weight is 560 g/mol. The number of unbranched alkanes of at least 4 members (excludes halogenated alkanes) is 2. The minimum Gasteiger partial charge on any atom is -0.464 e. The zero-order chi connectivity index (χ0) is 28.8. The molecule has 0 radical (unpaired) electrons. The number of nitrogens with two attached hydrogens (primary N) is 2. The van der Waals surface area contributed by atoms with E-state index in [0.717, 1.165) is 63.7 Å². The Kier molecular flexibility index (Phi) is 22.5. The molecule has 0 aromatic rings. The average Bonchev–Trinajstić information content (AvgIpc) is 2.89. The van der Waals surface area contributed by atoms with Gasteiger partial charge in [-0.25, -0.2) is 0 Å². The van der Waals surface area contributed by atoms with Crippen LogP contribution in [0.1, 0.15) is 78.1 Å². The molecule has 4 N–H and O–H groups in total. The number of thiol groups is 1. The Hall–Kier alpha value is -1.49. The van der Waals surface area contributed by atoms with Gasteiger partial charge in [-0.1, -0.05) is 20.3 Å². The van der Waals surface area contributed by atoms with Gasteiger partial charge in [0.2, 0.25) is 0 Å². The third kappa shape index (κ3) is 15.8. The summed E-state index contributed by atoms with van der Waals surface area (Å²) in [5.41, 5.74) is 13.5. The molecule has 0 aliphatic rings. The molecule has 0 saturated heterocycles. The van der Waals surface area contributed by atoms with Crippen LogP contribution in [0.25, 0.3) is 0 Å². The van der Waals surface area contributed by atoms with Crippen LogP contribution in [0.3, 0.4) is 0 Å². The molecule has 9 nitrogen and oxygen atoms in total. The molecule has 0 saturated carbocycles. The van der Waals surface area contributed by atoms with Crippen molar-refractivity contribution in [3.05, 3.63) is 11.4 Å². The van der Waals surface area contributed by atoms with Gasteiger partial charge in [-0.2, -0.15) is 12.6 Å². The van der Waals surface area contributed by atoms with Gasteiger partial charge in [-0.15, -0.1) is 0 Å². The van der Waals surface area contributed by atoms with E-state index in [0.29, 0.717) is 52.2 Å². The van der Waals surface area contributed by atoms with Crippen molar-refractivity contribution in [1.29, 1.82) is 0 Å². The Balaban J connectivity index is 5.60. The van der Waals surface area contributed by atoms with Crippen molar-refractivity contribution in [3.63, 3.8) is 0 Å². The van der Waals surface area contributed by atoms with Gasteiger partial charge in [-0.05, 0) is 70.8 Å². The fourth-order valence-electron chi connectivity index (χ4n) is 4.44. The lowest BCUT2D eigenvalue weighted by Crippen LogP contribution is -2.43. The first-order valence-corrected chi connectivity index (χ1v) is 15.1. The molecule has 1 unspecified atom stereocenters. The summed E-state index contributed by atoms with van der Waals surface area (Å²) >= 11 is 4.40. The lowest BCUT2D eigenvalue weighted by atomic mass is 10.0. The van der Waals surface area contributed by atoms with E-state index in [9.17, 15) is 9.59 Å². The molecule has 10 heteroatoms. The van der Waals surface area contributed by atoms with Gasteiger partial charge in [-0.3, -0.25) is 14.5 Å². The molecular formula is C28H57N5O4S. The number of carbonyl (C=O) groups is 2. The molecule has 0 aliphatic carbocycles. The number of esters is 2. The van der Waals surface area contributed by atoms with E-state index in [4.69, 9.17) is 20.9 Å². The summed E-state index contributed by atoms with van der Waals surface area (Å²) in [4.78, 5) is 31.0. The van der Waals surface area contributed by atoms with Gasteiger partial charge in [0.05, 0.1) is 18.3 Å². The predicted molar refractivity (Wildman–Crippen MR) is 160 cm³/mol. The van der Waals surface area contributed by atoms with Crippen LogP contribution in [0.2, 0.25) is 0 Å². The summed E-state index contributed by atoms with van der Waals surface area (Å²) in [6, 6.07) is 0.134. The number of rotatable bonds is 24. The normalized spacial score (nSPS) is 12.8. The third-order valence-corrected chi connectivity index (χ3v) is 6.95. The molecule has 224 valence electrons. The first-order valence-electron chi connectivity index (χ1n) is 14.4. The van der Waals surface area contributed by atoms with Crippen LogP contribution in [-0.4, -0.2) is 106 Å². The van der Waals surface area contributed by atoms with Crippen molar-refractivity contribution in [2.24, 2.45) is 11.5 Å². The van der Waals surface area contributed by atoms with Crippen LogP contribution < -0.4 is 11.5 Å². The Morgan fingerprint density at radius 2 is 1.34 bits per heavy atom. The summed E-state index contributed by atoms with van der Waals surface area (Å²) in [7, 11) is 6.31. The smallest absolute Gasteiger partial charge is 0.305 e. The number of nitrogens with zero attached hydrogens (tertiary/aromatic N) is 3. The van der Waals surface area contributed by atoms with E-state index in [2.05, 4.69) is 62.3 Å². The topological polar surface area (TPSA) is 114 Å². The van der Waals surface area contributed by atoms with Crippen LogP contribution >= 0.6 is 12.6 Å². The lowest BCUT2D eigenvalue weighted by Gasteiger charge is -2.39. The van der Waals surface area contributed by atoms with Crippen molar-refractivity contribution in [3.8, 4) is 0 Å². The summed E-state index contributed by atoms with van der Waals surface area (Å²) < 4.78 is 11.0. The van der Waals surface area contributed by atoms with Gasteiger partial charge < -0.3 is 30.7 Å². The minimum atomic E-state index is -0.172. The summed E-state index contributed by atoms with van der Waals surface area (Å²) in [5.74, 6) is 0.497. The zero-order valence-electron chi connectivity index (χ0n) is 24.9. The van der Waals surface area contributed by atoms with E-state index in [1.807, 2.05) is 0 Å². The second-order valence-electron chi connectivity index (χ2n) is 9.82. The molecule has 0 aromatic heterocycles. The highest BCUT2D eigenvalue weighted by Crippen LogP contribution is 2.25. The first kappa shape index (κ1) is 36.5. The van der Waals surface area contributed by atoms with Gasteiger partial charge in [0, 0.05) is 45.7 Å². The molecule has 0 aromatic carbocycles. The lowest BCUT2D eigenvalue weighted by molar-refractivity contribution is -0.145. The fraction of sp³-hybridized carbons (Fsp3) is 0.857. The number of ether oxygens (including phenoxy) is 2. The summed E-state index contributed by atoms with van der Waals surface area (Å²) in [5, 5.41) is 0. The Labute approximate surface area is 238 Å². The van der Waals surface area contributed by atoms with Crippen molar-refractivity contribution < 1.29 is 19.1 Å². The van der Waals surface area contributed by atoms with Gasteiger partial charge >= 0.3 is 11.9 Å². The van der Waals surface area contributed by atoms with Crippen LogP contribution in [0.5, 0.6) is 0 Å². The van der Waals surface area contributed by atoms with Crippen LogP contribution in [0, 0.1) is 0 Å². The van der Waals surface area contributed by atoms with E-state index < -0.39 is 0 Å². The quantitative estimate of drug-likeness (QED) is 0.0931. The Bertz CT molecular complexity index is 665. The van der Waals surface area contributed by atoms with E-state index in [1.165, 1.54) is 11.4 Å². The maximum absolute atomic E-state index is 12.1. The fourth-order valence-corrected chi connectivity index (χ4v) is 4.59. The molecule has 0 fully saturated rings. The summed E-state index contributed by atoms with van der Waals surface area (Å²) in [6.45, 7) is 8.40. The Morgan fingerprint density at radius 3 is 1.82 bits per heavy atom. The second-order valence-corrected chi connectivity index (χ2v) is 10.3. The molecule has 0 aliphatic heterocycles. The largest absolute Gasteiger partial charge is 0.464 e. The van der Waals surface area contributed by atoms with E-state index >= 15 is 0 Å². The highest BCUT2D eigenvalue weighted by molar-refractivity contribution is 7.80. The maximum atomic E-state index is 12.1. The van der Waals surface area contributed by atoms with E-state index in [-0.39, 0.29) is 18.0 Å². The van der Waals surface area contributed by atoms with Crippen molar-refractivity contribution >= 4 is 24.6 Å². The number of hydrogen-bond acceptors (Lipinski definition) is 10. The standard InChI is InChI=1S/C28H57N5O4S/c1-6-13-25(32(4)19-21-36-26(34)14-8-10-16-29)28(24(7-2)31(3)18-12-23-38)33(5)20-22-37-27(35)15-9-11-17-30/h25,38H,6-23,29-30H2,1-5H3/b28-24-. The second kappa shape index (κ2) is 23.4. The van der Waals surface area contributed by atoms with Crippen LogP contribution in [0.4, 0.5) is 0 Å². The molecule has 0 bridgehead atoms. The van der Waals surface area contributed by atoms with Crippen LogP contribution in [-0.2, 0) is 19.1 Å². The highest BCUT2D eigenvalue weighted by atomic mass is 32.1. The Morgan fingerprint density at radius 1 is 0.789 bits per heavy atom. The number of allylic oxidation sites excluding steroid dienone is 1. The van der Waals surface area contributed by atoms with Gasteiger partial charge in [0.25, 0.3) is 0 Å². The number of likely N-dealkylation sites (N-methyl/N-ethyl adjacent to an activating group) is 2. The SMILES string of the molecule is CCCC(/C(=C(\CC)N(C)CCCS)N(C)CCOC(=O)CCCCN)N(C)CCOC(=O)CCCCN. The highest BCUT2D eigenvalue weighted by Gasteiger charge is 2.26. The predicted octanol–water partition coefficient (Wildman–Crippen LogP) is 3.24. The minimum absolute atomic E-state index is 0.134. The molecule has 38 heavy (non-hydrogen) atoms. The third-order valence-electron chi connectivity index (χ3n) is 6.63. The molecule has 0 rings (SSSR count). The number of carbonyl (C=O) groups excluding carboxylic acids is 2. The van der Waals surface area contributed by atoms with Gasteiger partial charge in [0.1, 0.15) is 13.2 Å². The van der Waals surface area contributed by atoms with E-state index in [1.54, 1.807) is 0 Å². The first-order chi connectivity index (χ1) is 18.3. The van der Waals surface area contributed by atoms with Crippen molar-refractivity contribution in [2.45, 2.75) is 84.1 Å². The molecule has 0 amide bonds. The molecule has 0 spiro atoms. The zero-order valence-corrected chi connectivity index (χ0v) is 25.8. The molecule has 0 heterocycles. The molecular weight excluding hydrogens is 502 g/mol. The van der Waals surface area contributed by atoms with Crippen molar-refractivity contribution in [2.75, 3.05) is 72.8 Å². The number of hydrogen-bond donors (Lipinski definition) is 3. The maximum Gasteiger partial charge on any atom is 0.305 e. The molecule has 1 atom stereocenters. The van der Waals surface area contributed by atoms with Gasteiger partial charge in [0.15, 0.2) is 0 Å². The monoisotopic (exact) mass is 559 g/mol. The summed E-state index contributed by atoms with van der Waals surface area (Å²) in [6.07, 6.45) is 7.84. The van der Waals surface area contributed by atoms with Crippen LogP contribution in [0.15, 0.2) is 11.4 Å². The van der Waals surface area contributed by atoms with Crippen molar-refractivity contribution in [1.82, 2.24) is 14.7 Å².